The molecule has 8 heteroatoms. The van der Waals surface area contributed by atoms with Crippen LogP contribution >= 0.6 is 0 Å². The maximum atomic E-state index is 12.3. The van der Waals surface area contributed by atoms with Crippen molar-refractivity contribution in [1.82, 2.24) is 19.7 Å². The summed E-state index contributed by atoms with van der Waals surface area (Å²) in [5.74, 6) is 0.324. The molecule has 0 aliphatic carbocycles. The number of hydrogen-bond donors (Lipinski definition) is 1. The number of H-pyrrole nitrogens is 1. The van der Waals surface area contributed by atoms with E-state index in [4.69, 9.17) is 0 Å². The van der Waals surface area contributed by atoms with Gasteiger partial charge in [-0.15, -0.1) is 0 Å². The molecule has 0 fully saturated rings. The van der Waals surface area contributed by atoms with Gasteiger partial charge in [0.25, 0.3) is 11.2 Å². The Hall–Kier alpha value is -3.81. The average molecular weight is 333 g/mol. The van der Waals surface area contributed by atoms with Crippen LogP contribution < -0.4 is 5.56 Å². The van der Waals surface area contributed by atoms with Gasteiger partial charge in [-0.05, 0) is 24.3 Å². The highest BCUT2D eigenvalue weighted by Gasteiger charge is 2.13. The summed E-state index contributed by atoms with van der Waals surface area (Å²) >= 11 is 0. The minimum Gasteiger partial charge on any atom is -0.306 e. The molecular formula is C17H11N5O3. The van der Waals surface area contributed by atoms with Gasteiger partial charge in [0.15, 0.2) is 5.65 Å². The van der Waals surface area contributed by atoms with Crippen LogP contribution in [-0.2, 0) is 0 Å². The van der Waals surface area contributed by atoms with Crippen LogP contribution in [0.25, 0.3) is 28.1 Å². The van der Waals surface area contributed by atoms with Crippen molar-refractivity contribution in [2.45, 2.75) is 0 Å². The van der Waals surface area contributed by atoms with E-state index >= 15 is 0 Å². The van der Waals surface area contributed by atoms with Gasteiger partial charge < -0.3 is 4.98 Å². The number of benzene rings is 2. The van der Waals surface area contributed by atoms with Gasteiger partial charge in [0.1, 0.15) is 11.2 Å². The summed E-state index contributed by atoms with van der Waals surface area (Å²) in [6, 6.07) is 15.2. The fourth-order valence-corrected chi connectivity index (χ4v) is 2.55. The number of fused-ring (bicyclic) bond motifs is 1. The number of aromatic amines is 1. The second kappa shape index (κ2) is 5.68. The Morgan fingerprint density at radius 2 is 1.76 bits per heavy atom. The molecule has 0 aliphatic rings. The molecule has 2 aromatic carbocycles. The first-order chi connectivity index (χ1) is 12.1. The Bertz CT molecular complexity index is 1130. The van der Waals surface area contributed by atoms with Crippen LogP contribution in [0.15, 0.2) is 65.6 Å². The number of nitrogens with zero attached hydrogens (tertiary/aromatic N) is 4. The molecule has 4 rings (SSSR count). The summed E-state index contributed by atoms with van der Waals surface area (Å²) in [5.41, 5.74) is 1.43. The Labute approximate surface area is 140 Å². The maximum absolute atomic E-state index is 12.3. The van der Waals surface area contributed by atoms with Crippen molar-refractivity contribution in [3.05, 3.63) is 81.3 Å². The van der Waals surface area contributed by atoms with Crippen molar-refractivity contribution in [2.24, 2.45) is 0 Å². The molecule has 1 N–H and O–H groups in total. The number of rotatable bonds is 3. The zero-order valence-electron chi connectivity index (χ0n) is 12.8. The second-order valence-corrected chi connectivity index (χ2v) is 5.35. The first-order valence-corrected chi connectivity index (χ1v) is 7.42. The van der Waals surface area contributed by atoms with E-state index in [0.717, 1.165) is 5.69 Å². The lowest BCUT2D eigenvalue weighted by atomic mass is 10.2. The summed E-state index contributed by atoms with van der Waals surface area (Å²) in [6.45, 7) is 0. The molecule has 0 saturated heterocycles. The van der Waals surface area contributed by atoms with E-state index in [1.54, 1.807) is 16.8 Å². The smallest absolute Gasteiger partial charge is 0.269 e. The number of nitro groups is 1. The molecule has 2 heterocycles. The van der Waals surface area contributed by atoms with Crippen molar-refractivity contribution in [3.63, 3.8) is 0 Å². The van der Waals surface area contributed by atoms with Crippen LogP contribution in [0.3, 0.4) is 0 Å². The summed E-state index contributed by atoms with van der Waals surface area (Å²) in [5, 5.41) is 15.4. The Morgan fingerprint density at radius 1 is 1.04 bits per heavy atom. The van der Waals surface area contributed by atoms with Crippen LogP contribution in [0, 0.1) is 10.1 Å². The summed E-state index contributed by atoms with van der Waals surface area (Å²) in [7, 11) is 0. The monoisotopic (exact) mass is 333 g/mol. The van der Waals surface area contributed by atoms with Gasteiger partial charge in [0.05, 0.1) is 16.8 Å². The molecule has 122 valence electrons. The lowest BCUT2D eigenvalue weighted by Crippen LogP contribution is -2.10. The van der Waals surface area contributed by atoms with Crippen LogP contribution in [-0.4, -0.2) is 24.7 Å². The standard InChI is InChI=1S/C17H11N5O3/c23-17-14-10-18-21(12-4-2-1-3-5-12)16(14)19-15(20-17)11-6-8-13(9-7-11)22(24)25/h1-10H,(H,19,20,23). The Morgan fingerprint density at radius 3 is 2.44 bits per heavy atom. The first-order valence-electron chi connectivity index (χ1n) is 7.42. The molecule has 0 bridgehead atoms. The number of nitro benzene ring substituents is 1. The molecule has 0 aliphatic heterocycles. The lowest BCUT2D eigenvalue weighted by molar-refractivity contribution is -0.384. The molecular weight excluding hydrogens is 322 g/mol. The number of para-hydroxylation sites is 1. The summed E-state index contributed by atoms with van der Waals surface area (Å²) in [4.78, 5) is 29.8. The molecule has 2 aromatic heterocycles. The third-order valence-electron chi connectivity index (χ3n) is 3.79. The molecule has 0 amide bonds. The second-order valence-electron chi connectivity index (χ2n) is 5.35. The van der Waals surface area contributed by atoms with Gasteiger partial charge in [0.2, 0.25) is 0 Å². The molecule has 0 radical (unpaired) electrons. The summed E-state index contributed by atoms with van der Waals surface area (Å²) in [6.07, 6.45) is 1.47. The Balaban J connectivity index is 1.89. The molecule has 4 aromatic rings. The maximum Gasteiger partial charge on any atom is 0.269 e. The van der Waals surface area contributed by atoms with E-state index in [1.165, 1.54) is 18.3 Å². The van der Waals surface area contributed by atoms with Crippen LogP contribution in [0.4, 0.5) is 5.69 Å². The van der Waals surface area contributed by atoms with Gasteiger partial charge in [-0.25, -0.2) is 9.67 Å². The predicted octanol–water partition coefficient (Wildman–Crippen LogP) is 2.68. The highest BCUT2D eigenvalue weighted by Crippen LogP contribution is 2.21. The number of nitrogens with one attached hydrogen (secondary N) is 1. The highest BCUT2D eigenvalue weighted by atomic mass is 16.6. The zero-order valence-corrected chi connectivity index (χ0v) is 12.8. The quantitative estimate of drug-likeness (QED) is 0.458. The number of non-ortho nitro benzene ring substituents is 1. The van der Waals surface area contributed by atoms with Gasteiger partial charge in [0, 0.05) is 17.7 Å². The third-order valence-corrected chi connectivity index (χ3v) is 3.79. The molecule has 8 nitrogen and oxygen atoms in total. The molecule has 0 unspecified atom stereocenters. The minimum atomic E-state index is -0.479. The fourth-order valence-electron chi connectivity index (χ4n) is 2.55. The lowest BCUT2D eigenvalue weighted by Gasteiger charge is -2.04. The normalized spacial score (nSPS) is 10.9. The van der Waals surface area contributed by atoms with Crippen LogP contribution in [0.5, 0.6) is 0 Å². The van der Waals surface area contributed by atoms with Gasteiger partial charge in [-0.1, -0.05) is 18.2 Å². The predicted molar refractivity (Wildman–Crippen MR) is 91.6 cm³/mol. The van der Waals surface area contributed by atoms with Gasteiger partial charge >= 0.3 is 0 Å². The average Bonchev–Trinajstić information content (AvgIpc) is 3.07. The van der Waals surface area contributed by atoms with Crippen molar-refractivity contribution in [1.29, 1.82) is 0 Å². The van der Waals surface area contributed by atoms with Crippen molar-refractivity contribution in [3.8, 4) is 17.1 Å². The van der Waals surface area contributed by atoms with E-state index in [0.29, 0.717) is 22.4 Å². The number of hydrogen-bond acceptors (Lipinski definition) is 5. The van der Waals surface area contributed by atoms with E-state index in [-0.39, 0.29) is 11.2 Å². The zero-order chi connectivity index (χ0) is 17.4. The van der Waals surface area contributed by atoms with E-state index in [9.17, 15) is 14.9 Å². The SMILES string of the molecule is O=c1[nH]c(-c2ccc([N+](=O)[O-])cc2)nc2c1cnn2-c1ccccc1. The first kappa shape index (κ1) is 14.8. The number of aromatic nitrogens is 4. The molecule has 0 saturated carbocycles. The summed E-state index contributed by atoms with van der Waals surface area (Å²) < 4.78 is 1.58. The van der Waals surface area contributed by atoms with Crippen LogP contribution in [0.1, 0.15) is 0 Å². The van der Waals surface area contributed by atoms with Crippen molar-refractivity contribution < 1.29 is 4.92 Å². The van der Waals surface area contributed by atoms with Gasteiger partial charge in [-0.2, -0.15) is 5.10 Å². The van der Waals surface area contributed by atoms with E-state index in [1.807, 2.05) is 30.3 Å². The van der Waals surface area contributed by atoms with Crippen LogP contribution in [0.2, 0.25) is 0 Å². The molecule has 25 heavy (non-hydrogen) atoms. The van der Waals surface area contributed by atoms with Crippen molar-refractivity contribution in [2.75, 3.05) is 0 Å². The molecule has 0 atom stereocenters. The highest BCUT2D eigenvalue weighted by molar-refractivity contribution is 5.77. The van der Waals surface area contributed by atoms with Crippen molar-refractivity contribution >= 4 is 16.7 Å². The third kappa shape index (κ3) is 2.55. The van der Waals surface area contributed by atoms with E-state index in [2.05, 4.69) is 15.1 Å². The van der Waals surface area contributed by atoms with Gasteiger partial charge in [-0.3, -0.25) is 14.9 Å². The molecule has 0 spiro atoms. The van der Waals surface area contributed by atoms with E-state index < -0.39 is 4.92 Å². The minimum absolute atomic E-state index is 0.0264. The fraction of sp³-hybridized carbons (Fsp3) is 0. The Kier molecular flexibility index (Phi) is 3.35. The largest absolute Gasteiger partial charge is 0.306 e. The topological polar surface area (TPSA) is 107 Å².